The highest BCUT2D eigenvalue weighted by Crippen LogP contribution is 2.19. The fraction of sp³-hybridized carbons (Fsp3) is 0.263. The van der Waals surface area contributed by atoms with E-state index >= 15 is 0 Å². The van der Waals surface area contributed by atoms with Crippen LogP contribution in [0.15, 0.2) is 54.6 Å². The number of ether oxygens (including phenoxy) is 1. The Morgan fingerprint density at radius 2 is 1.71 bits per heavy atom. The van der Waals surface area contributed by atoms with Crippen LogP contribution in [-0.2, 0) is 16.0 Å². The smallest absolute Gasteiger partial charge is 0.326 e. The summed E-state index contributed by atoms with van der Waals surface area (Å²) in [6, 6.07) is 15.4. The Bertz CT molecular complexity index is 682. The van der Waals surface area contributed by atoms with Crippen molar-refractivity contribution in [3.63, 3.8) is 0 Å². The molecule has 0 aliphatic rings. The standard InChI is InChI=1S/C19H21NO4/c1-13(15-8-10-16(24-2)11-9-15)18(21)20-17(19(22)23)12-14-6-4-3-5-7-14/h3-11,13,17H,12H2,1-2H3,(H,20,21)(H,22,23)/t13?,17-/m1/s1. The minimum atomic E-state index is -1.05. The minimum Gasteiger partial charge on any atom is -0.497 e. The predicted octanol–water partition coefficient (Wildman–Crippen LogP) is 2.61. The summed E-state index contributed by atoms with van der Waals surface area (Å²) in [6.07, 6.45) is 0.247. The van der Waals surface area contributed by atoms with Crippen molar-refractivity contribution in [2.45, 2.75) is 25.3 Å². The molecule has 2 aromatic carbocycles. The molecule has 0 saturated heterocycles. The van der Waals surface area contributed by atoms with Crippen molar-refractivity contribution in [1.82, 2.24) is 5.32 Å². The number of hydrogen-bond donors (Lipinski definition) is 2. The van der Waals surface area contributed by atoms with E-state index in [4.69, 9.17) is 4.74 Å². The van der Waals surface area contributed by atoms with Gasteiger partial charge in [-0.25, -0.2) is 4.79 Å². The maximum absolute atomic E-state index is 12.4. The molecule has 24 heavy (non-hydrogen) atoms. The van der Waals surface area contributed by atoms with Gasteiger partial charge in [0.25, 0.3) is 0 Å². The van der Waals surface area contributed by atoms with E-state index in [1.54, 1.807) is 38.3 Å². The summed E-state index contributed by atoms with van der Waals surface area (Å²) in [6.45, 7) is 1.75. The normalized spacial score (nSPS) is 12.9. The van der Waals surface area contributed by atoms with Gasteiger partial charge in [-0.1, -0.05) is 42.5 Å². The van der Waals surface area contributed by atoms with Crippen LogP contribution < -0.4 is 10.1 Å². The lowest BCUT2D eigenvalue weighted by atomic mass is 9.99. The van der Waals surface area contributed by atoms with Gasteiger partial charge < -0.3 is 15.2 Å². The van der Waals surface area contributed by atoms with E-state index in [-0.39, 0.29) is 12.3 Å². The first-order valence-corrected chi connectivity index (χ1v) is 7.72. The lowest BCUT2D eigenvalue weighted by molar-refractivity contribution is -0.141. The molecule has 2 atom stereocenters. The third kappa shape index (κ3) is 4.59. The van der Waals surface area contributed by atoms with E-state index in [0.29, 0.717) is 5.75 Å². The highest BCUT2D eigenvalue weighted by molar-refractivity contribution is 5.88. The number of amides is 1. The van der Waals surface area contributed by atoms with Crippen LogP contribution in [-0.4, -0.2) is 30.1 Å². The Kier molecular flexibility index (Phi) is 5.95. The molecule has 0 aliphatic carbocycles. The van der Waals surface area contributed by atoms with Gasteiger partial charge in [-0.05, 0) is 30.2 Å². The molecule has 0 aliphatic heterocycles. The van der Waals surface area contributed by atoms with Crippen molar-refractivity contribution in [3.8, 4) is 5.75 Å². The Balaban J connectivity index is 2.04. The summed E-state index contributed by atoms with van der Waals surface area (Å²) in [5.74, 6) is -1.11. The lowest BCUT2D eigenvalue weighted by Gasteiger charge is -2.18. The molecule has 0 aromatic heterocycles. The van der Waals surface area contributed by atoms with Crippen molar-refractivity contribution in [2.75, 3.05) is 7.11 Å². The number of hydrogen-bond acceptors (Lipinski definition) is 3. The summed E-state index contributed by atoms with van der Waals surface area (Å²) in [4.78, 5) is 23.8. The Hall–Kier alpha value is -2.82. The second kappa shape index (κ2) is 8.15. The Labute approximate surface area is 141 Å². The maximum atomic E-state index is 12.4. The zero-order valence-corrected chi connectivity index (χ0v) is 13.7. The lowest BCUT2D eigenvalue weighted by Crippen LogP contribution is -2.44. The van der Waals surface area contributed by atoms with Crippen LogP contribution in [0.3, 0.4) is 0 Å². The quantitative estimate of drug-likeness (QED) is 0.820. The molecule has 2 aromatic rings. The molecule has 5 heteroatoms. The molecule has 0 heterocycles. The highest BCUT2D eigenvalue weighted by Gasteiger charge is 2.24. The van der Waals surface area contributed by atoms with Gasteiger partial charge in [0.1, 0.15) is 11.8 Å². The number of benzene rings is 2. The molecule has 0 radical (unpaired) electrons. The summed E-state index contributed by atoms with van der Waals surface area (Å²) in [7, 11) is 1.58. The van der Waals surface area contributed by atoms with Crippen LogP contribution in [0.1, 0.15) is 24.0 Å². The molecule has 0 fully saturated rings. The van der Waals surface area contributed by atoms with E-state index in [2.05, 4.69) is 5.32 Å². The van der Waals surface area contributed by atoms with Crippen LogP contribution in [0.4, 0.5) is 0 Å². The first-order valence-electron chi connectivity index (χ1n) is 7.72. The molecule has 1 unspecified atom stereocenters. The van der Waals surface area contributed by atoms with Crippen LogP contribution >= 0.6 is 0 Å². The number of carboxylic acid groups (broad SMARTS) is 1. The Morgan fingerprint density at radius 3 is 2.25 bits per heavy atom. The summed E-state index contributed by atoms with van der Waals surface area (Å²) >= 11 is 0. The fourth-order valence-corrected chi connectivity index (χ4v) is 2.39. The third-order valence-electron chi connectivity index (χ3n) is 3.91. The van der Waals surface area contributed by atoms with E-state index in [1.807, 2.05) is 30.3 Å². The maximum Gasteiger partial charge on any atom is 0.326 e. The number of methoxy groups -OCH3 is 1. The largest absolute Gasteiger partial charge is 0.497 e. The number of carbonyl (C=O) groups is 2. The van der Waals surface area contributed by atoms with E-state index in [0.717, 1.165) is 11.1 Å². The molecule has 5 nitrogen and oxygen atoms in total. The van der Waals surface area contributed by atoms with Crippen molar-refractivity contribution in [2.24, 2.45) is 0 Å². The van der Waals surface area contributed by atoms with Crippen molar-refractivity contribution in [1.29, 1.82) is 0 Å². The molecule has 2 rings (SSSR count). The van der Waals surface area contributed by atoms with Crippen molar-refractivity contribution in [3.05, 3.63) is 65.7 Å². The second-order valence-electron chi connectivity index (χ2n) is 5.58. The van der Waals surface area contributed by atoms with E-state index in [1.165, 1.54) is 0 Å². The summed E-state index contributed by atoms with van der Waals surface area (Å²) in [5, 5.41) is 12.0. The van der Waals surface area contributed by atoms with Gasteiger partial charge >= 0.3 is 5.97 Å². The fourth-order valence-electron chi connectivity index (χ4n) is 2.39. The van der Waals surface area contributed by atoms with Gasteiger partial charge in [0.2, 0.25) is 5.91 Å². The second-order valence-corrected chi connectivity index (χ2v) is 5.58. The summed E-state index contributed by atoms with van der Waals surface area (Å²) in [5.41, 5.74) is 1.67. The first-order chi connectivity index (χ1) is 11.5. The van der Waals surface area contributed by atoms with Gasteiger partial charge in [-0.15, -0.1) is 0 Å². The van der Waals surface area contributed by atoms with Crippen molar-refractivity contribution < 1.29 is 19.4 Å². The number of rotatable bonds is 7. The molecule has 126 valence electrons. The van der Waals surface area contributed by atoms with Gasteiger partial charge in [-0.3, -0.25) is 4.79 Å². The van der Waals surface area contributed by atoms with Crippen LogP contribution in [0.5, 0.6) is 5.75 Å². The third-order valence-corrected chi connectivity index (χ3v) is 3.91. The van der Waals surface area contributed by atoms with Crippen LogP contribution in [0, 0.1) is 0 Å². The highest BCUT2D eigenvalue weighted by atomic mass is 16.5. The van der Waals surface area contributed by atoms with Gasteiger partial charge in [-0.2, -0.15) is 0 Å². The van der Waals surface area contributed by atoms with Crippen LogP contribution in [0.25, 0.3) is 0 Å². The molecular formula is C19H21NO4. The summed E-state index contributed by atoms with van der Waals surface area (Å²) < 4.78 is 5.09. The molecular weight excluding hydrogens is 306 g/mol. The zero-order valence-electron chi connectivity index (χ0n) is 13.7. The number of nitrogens with one attached hydrogen (secondary N) is 1. The van der Waals surface area contributed by atoms with Crippen molar-refractivity contribution >= 4 is 11.9 Å². The van der Waals surface area contributed by atoms with E-state index < -0.39 is 17.9 Å². The number of carboxylic acids is 1. The van der Waals surface area contributed by atoms with E-state index in [9.17, 15) is 14.7 Å². The number of carbonyl (C=O) groups excluding carboxylic acids is 1. The van der Waals surface area contributed by atoms with Gasteiger partial charge in [0.15, 0.2) is 0 Å². The molecule has 2 N–H and O–H groups in total. The van der Waals surface area contributed by atoms with Gasteiger partial charge in [0, 0.05) is 6.42 Å². The van der Waals surface area contributed by atoms with Gasteiger partial charge in [0.05, 0.1) is 13.0 Å². The Morgan fingerprint density at radius 1 is 1.08 bits per heavy atom. The topological polar surface area (TPSA) is 75.6 Å². The molecule has 0 saturated carbocycles. The monoisotopic (exact) mass is 327 g/mol. The SMILES string of the molecule is COc1ccc(C(C)C(=O)N[C@H](Cc2ccccc2)C(=O)O)cc1. The van der Waals surface area contributed by atoms with Crippen LogP contribution in [0.2, 0.25) is 0 Å². The zero-order chi connectivity index (χ0) is 17.5. The minimum absolute atomic E-state index is 0.247. The molecule has 0 bridgehead atoms. The average Bonchev–Trinajstić information content (AvgIpc) is 2.61. The first kappa shape index (κ1) is 17.5. The average molecular weight is 327 g/mol. The molecule has 1 amide bonds. The molecule has 0 spiro atoms. The predicted molar refractivity (Wildman–Crippen MR) is 91.1 cm³/mol. The number of aliphatic carboxylic acids is 1.